The first-order valence-corrected chi connectivity index (χ1v) is 7.81. The van der Waals surface area contributed by atoms with E-state index >= 15 is 0 Å². The van der Waals surface area contributed by atoms with Crippen molar-refractivity contribution in [3.63, 3.8) is 0 Å². The van der Waals surface area contributed by atoms with Gasteiger partial charge in [0, 0.05) is 5.33 Å². The third-order valence-corrected chi connectivity index (χ3v) is 4.36. The van der Waals surface area contributed by atoms with Crippen LogP contribution < -0.4 is 0 Å². The Kier molecular flexibility index (Phi) is 5.09. The maximum Gasteiger partial charge on any atom is 0.416 e. The van der Waals surface area contributed by atoms with Gasteiger partial charge in [-0.1, -0.05) is 52.3 Å². The van der Waals surface area contributed by atoms with E-state index in [2.05, 4.69) is 35.0 Å². The summed E-state index contributed by atoms with van der Waals surface area (Å²) in [4.78, 5) is 0. The van der Waals surface area contributed by atoms with E-state index in [9.17, 15) is 13.2 Å². The standard InChI is InChI=1S/C17H16BrF3/c1-12-4-2-3-5-16(12)14(11-18)10-13-6-8-15(9-7-13)17(19,20)21/h2-9,14H,10-11H2,1H3. The molecule has 1 unspecified atom stereocenters. The number of hydrogen-bond donors (Lipinski definition) is 0. The van der Waals surface area contributed by atoms with Crippen LogP contribution in [0.2, 0.25) is 0 Å². The van der Waals surface area contributed by atoms with Crippen molar-refractivity contribution in [2.45, 2.75) is 25.4 Å². The highest BCUT2D eigenvalue weighted by Crippen LogP contribution is 2.30. The monoisotopic (exact) mass is 356 g/mol. The summed E-state index contributed by atoms with van der Waals surface area (Å²) in [7, 11) is 0. The van der Waals surface area contributed by atoms with E-state index in [1.165, 1.54) is 11.1 Å². The summed E-state index contributed by atoms with van der Waals surface area (Å²) in [6.45, 7) is 2.05. The van der Waals surface area contributed by atoms with E-state index in [0.717, 1.165) is 23.0 Å². The van der Waals surface area contributed by atoms with Gasteiger partial charge in [-0.2, -0.15) is 13.2 Å². The molecule has 112 valence electrons. The maximum absolute atomic E-state index is 12.6. The molecule has 0 amide bonds. The Morgan fingerprint density at radius 1 is 1.00 bits per heavy atom. The van der Waals surface area contributed by atoms with Gasteiger partial charge >= 0.3 is 6.18 Å². The zero-order chi connectivity index (χ0) is 15.5. The molecule has 0 radical (unpaired) electrons. The van der Waals surface area contributed by atoms with Crippen LogP contribution in [0.4, 0.5) is 13.2 Å². The van der Waals surface area contributed by atoms with Crippen LogP contribution in [0.3, 0.4) is 0 Å². The van der Waals surface area contributed by atoms with Crippen LogP contribution in [0.1, 0.15) is 28.2 Å². The van der Waals surface area contributed by atoms with Crippen LogP contribution in [0.5, 0.6) is 0 Å². The van der Waals surface area contributed by atoms with Crippen molar-refractivity contribution in [1.29, 1.82) is 0 Å². The average Bonchev–Trinajstić information content (AvgIpc) is 2.45. The predicted molar refractivity (Wildman–Crippen MR) is 82.9 cm³/mol. The molecule has 0 N–H and O–H groups in total. The van der Waals surface area contributed by atoms with Gasteiger partial charge in [0.05, 0.1) is 5.56 Å². The first kappa shape index (κ1) is 16.1. The number of rotatable bonds is 4. The van der Waals surface area contributed by atoms with Crippen LogP contribution in [-0.4, -0.2) is 5.33 Å². The minimum absolute atomic E-state index is 0.253. The van der Waals surface area contributed by atoms with E-state index in [-0.39, 0.29) is 5.92 Å². The molecule has 0 bridgehead atoms. The normalized spacial score (nSPS) is 13.2. The Hall–Kier alpha value is -1.29. The van der Waals surface area contributed by atoms with Gasteiger partial charge in [0.1, 0.15) is 0 Å². The Labute approximate surface area is 131 Å². The number of hydrogen-bond acceptors (Lipinski definition) is 0. The second kappa shape index (κ2) is 6.65. The van der Waals surface area contributed by atoms with Gasteiger partial charge in [0.15, 0.2) is 0 Å². The van der Waals surface area contributed by atoms with E-state index in [4.69, 9.17) is 0 Å². The van der Waals surface area contributed by atoms with Gasteiger partial charge in [0.2, 0.25) is 0 Å². The molecule has 0 saturated heterocycles. The van der Waals surface area contributed by atoms with E-state index in [0.29, 0.717) is 6.42 Å². The highest BCUT2D eigenvalue weighted by molar-refractivity contribution is 9.09. The smallest absolute Gasteiger partial charge is 0.166 e. The number of halogens is 4. The molecule has 0 aromatic heterocycles. The van der Waals surface area contributed by atoms with Crippen LogP contribution in [0, 0.1) is 6.92 Å². The molecule has 21 heavy (non-hydrogen) atoms. The van der Waals surface area contributed by atoms with Crippen molar-refractivity contribution in [2.75, 3.05) is 5.33 Å². The molecule has 0 aliphatic rings. The topological polar surface area (TPSA) is 0 Å². The number of alkyl halides is 4. The molecule has 4 heteroatoms. The van der Waals surface area contributed by atoms with E-state index < -0.39 is 11.7 Å². The van der Waals surface area contributed by atoms with E-state index in [1.54, 1.807) is 12.1 Å². The average molecular weight is 357 g/mol. The molecule has 0 heterocycles. The largest absolute Gasteiger partial charge is 0.416 e. The molecule has 2 aromatic rings. The van der Waals surface area contributed by atoms with Crippen molar-refractivity contribution in [3.8, 4) is 0 Å². The molecule has 1 atom stereocenters. The molecule has 0 saturated carbocycles. The number of aryl methyl sites for hydroxylation is 1. The summed E-state index contributed by atoms with van der Waals surface area (Å²) in [5, 5.41) is 0.777. The lowest BCUT2D eigenvalue weighted by Crippen LogP contribution is -2.08. The minimum atomic E-state index is -4.27. The Morgan fingerprint density at radius 2 is 1.62 bits per heavy atom. The lowest BCUT2D eigenvalue weighted by atomic mass is 9.90. The predicted octanol–water partition coefficient (Wildman–Crippen LogP) is 5.74. The van der Waals surface area contributed by atoms with Crippen LogP contribution in [-0.2, 0) is 12.6 Å². The molecule has 2 aromatic carbocycles. The van der Waals surface area contributed by atoms with Crippen molar-refractivity contribution in [1.82, 2.24) is 0 Å². The van der Waals surface area contributed by atoms with Gasteiger partial charge in [0.25, 0.3) is 0 Å². The highest BCUT2D eigenvalue weighted by atomic mass is 79.9. The molecule has 2 rings (SSSR count). The molecule has 0 spiro atoms. The minimum Gasteiger partial charge on any atom is -0.166 e. The van der Waals surface area contributed by atoms with Gasteiger partial charge in [-0.3, -0.25) is 0 Å². The maximum atomic E-state index is 12.6. The second-order valence-corrected chi connectivity index (χ2v) is 5.75. The first-order valence-electron chi connectivity index (χ1n) is 6.69. The van der Waals surface area contributed by atoms with Crippen molar-refractivity contribution in [2.24, 2.45) is 0 Å². The fourth-order valence-electron chi connectivity index (χ4n) is 2.41. The summed E-state index contributed by atoms with van der Waals surface area (Å²) in [6.07, 6.45) is -3.56. The lowest BCUT2D eigenvalue weighted by molar-refractivity contribution is -0.137. The Bertz CT molecular complexity index is 588. The van der Waals surface area contributed by atoms with Crippen molar-refractivity contribution >= 4 is 15.9 Å². The zero-order valence-electron chi connectivity index (χ0n) is 11.6. The van der Waals surface area contributed by atoms with Gasteiger partial charge in [-0.15, -0.1) is 0 Å². The summed E-state index contributed by atoms with van der Waals surface area (Å²) in [6, 6.07) is 13.5. The summed E-state index contributed by atoms with van der Waals surface area (Å²) >= 11 is 3.51. The fourth-order valence-corrected chi connectivity index (χ4v) is 2.98. The summed E-state index contributed by atoms with van der Waals surface area (Å²) in [5.41, 5.74) is 2.75. The fraction of sp³-hybridized carbons (Fsp3) is 0.294. The molecule has 0 aliphatic carbocycles. The highest BCUT2D eigenvalue weighted by Gasteiger charge is 2.30. The molecule has 0 aliphatic heterocycles. The first-order chi connectivity index (χ1) is 9.91. The third-order valence-electron chi connectivity index (χ3n) is 3.58. The molecular formula is C17H16BrF3. The summed E-state index contributed by atoms with van der Waals surface area (Å²) < 4.78 is 37.7. The van der Waals surface area contributed by atoms with Crippen LogP contribution in [0.25, 0.3) is 0 Å². The SMILES string of the molecule is Cc1ccccc1C(CBr)Cc1ccc(C(F)(F)F)cc1. The molecule has 0 fully saturated rings. The quantitative estimate of drug-likeness (QED) is 0.613. The van der Waals surface area contributed by atoms with Crippen LogP contribution >= 0.6 is 15.9 Å². The molecule has 0 nitrogen and oxygen atoms in total. The summed E-state index contributed by atoms with van der Waals surface area (Å²) in [5.74, 6) is 0.253. The second-order valence-electron chi connectivity index (χ2n) is 5.11. The lowest BCUT2D eigenvalue weighted by Gasteiger charge is -2.17. The van der Waals surface area contributed by atoms with Crippen molar-refractivity contribution < 1.29 is 13.2 Å². The van der Waals surface area contributed by atoms with Gasteiger partial charge in [-0.05, 0) is 48.1 Å². The number of benzene rings is 2. The van der Waals surface area contributed by atoms with Gasteiger partial charge < -0.3 is 0 Å². The molecular weight excluding hydrogens is 341 g/mol. The van der Waals surface area contributed by atoms with Gasteiger partial charge in [-0.25, -0.2) is 0 Å². The zero-order valence-corrected chi connectivity index (χ0v) is 13.2. The van der Waals surface area contributed by atoms with Crippen LogP contribution in [0.15, 0.2) is 48.5 Å². The van der Waals surface area contributed by atoms with E-state index in [1.807, 2.05) is 12.1 Å². The Morgan fingerprint density at radius 3 is 2.14 bits per heavy atom. The third kappa shape index (κ3) is 4.10. The Balaban J connectivity index is 2.18. The van der Waals surface area contributed by atoms with Crippen molar-refractivity contribution in [3.05, 3.63) is 70.8 Å².